The van der Waals surface area contributed by atoms with Gasteiger partial charge in [0.15, 0.2) is 0 Å². The maximum absolute atomic E-state index is 8.96. The molecular formula is C12H19NO3. The Morgan fingerprint density at radius 3 is 2.19 bits per heavy atom. The smallest absolute Gasteiger partial charge is 0.118 e. The van der Waals surface area contributed by atoms with Crippen LogP contribution in [0.15, 0.2) is 24.3 Å². The van der Waals surface area contributed by atoms with Crippen molar-refractivity contribution < 1.29 is 14.9 Å². The number of ether oxygens (including phenoxy) is 1. The van der Waals surface area contributed by atoms with Crippen LogP contribution < -0.4 is 10.1 Å². The Labute approximate surface area is 95.9 Å². The van der Waals surface area contributed by atoms with E-state index in [0.717, 1.165) is 11.3 Å². The number of aliphatic hydroxyl groups is 2. The molecule has 0 aliphatic rings. The fraction of sp³-hybridized carbons (Fsp3) is 0.500. The average Bonchev–Trinajstić information content (AvgIpc) is 2.35. The minimum absolute atomic E-state index is 0.0724. The van der Waals surface area contributed by atoms with Gasteiger partial charge in [-0.1, -0.05) is 12.1 Å². The maximum atomic E-state index is 8.96. The Kier molecular flexibility index (Phi) is 5.25. The van der Waals surface area contributed by atoms with Crippen LogP contribution in [0.2, 0.25) is 0 Å². The molecule has 16 heavy (non-hydrogen) atoms. The number of aliphatic hydroxyl groups excluding tert-OH is 2. The molecule has 0 spiro atoms. The topological polar surface area (TPSA) is 61.7 Å². The van der Waals surface area contributed by atoms with Gasteiger partial charge in [0.2, 0.25) is 0 Å². The van der Waals surface area contributed by atoms with Crippen LogP contribution in [0.4, 0.5) is 0 Å². The van der Waals surface area contributed by atoms with E-state index in [-0.39, 0.29) is 25.3 Å². The fourth-order valence-electron chi connectivity index (χ4n) is 1.51. The minimum Gasteiger partial charge on any atom is -0.497 e. The molecule has 0 fully saturated rings. The molecule has 0 radical (unpaired) electrons. The van der Waals surface area contributed by atoms with E-state index in [9.17, 15) is 0 Å². The van der Waals surface area contributed by atoms with Gasteiger partial charge in [0, 0.05) is 6.04 Å². The van der Waals surface area contributed by atoms with Crippen LogP contribution >= 0.6 is 0 Å². The Morgan fingerprint density at radius 2 is 1.75 bits per heavy atom. The highest BCUT2D eigenvalue weighted by Gasteiger charge is 2.11. The number of methoxy groups -OCH3 is 1. The van der Waals surface area contributed by atoms with Gasteiger partial charge in [0.1, 0.15) is 5.75 Å². The zero-order valence-electron chi connectivity index (χ0n) is 9.68. The van der Waals surface area contributed by atoms with Gasteiger partial charge < -0.3 is 20.3 Å². The minimum atomic E-state index is -0.280. The van der Waals surface area contributed by atoms with Crippen molar-refractivity contribution in [1.29, 1.82) is 0 Å². The zero-order valence-corrected chi connectivity index (χ0v) is 9.68. The first-order valence-corrected chi connectivity index (χ1v) is 5.33. The summed E-state index contributed by atoms with van der Waals surface area (Å²) in [5, 5.41) is 21.1. The first kappa shape index (κ1) is 13.0. The molecule has 0 aliphatic heterocycles. The lowest BCUT2D eigenvalue weighted by Gasteiger charge is -2.20. The van der Waals surface area contributed by atoms with Crippen LogP contribution in [0.3, 0.4) is 0 Å². The molecule has 3 N–H and O–H groups in total. The van der Waals surface area contributed by atoms with Gasteiger partial charge in [-0.05, 0) is 24.6 Å². The predicted molar refractivity (Wildman–Crippen MR) is 62.5 cm³/mol. The van der Waals surface area contributed by atoms with E-state index < -0.39 is 0 Å². The third-order valence-corrected chi connectivity index (χ3v) is 2.54. The summed E-state index contributed by atoms with van der Waals surface area (Å²) in [6.45, 7) is 1.84. The highest BCUT2D eigenvalue weighted by Crippen LogP contribution is 2.17. The van der Waals surface area contributed by atoms with Crippen molar-refractivity contribution in [2.24, 2.45) is 0 Å². The van der Waals surface area contributed by atoms with Gasteiger partial charge >= 0.3 is 0 Å². The van der Waals surface area contributed by atoms with Crippen molar-refractivity contribution in [3.05, 3.63) is 29.8 Å². The summed E-state index contributed by atoms with van der Waals surface area (Å²) in [6.07, 6.45) is 0. The SMILES string of the molecule is COc1ccc(C(C)NC(CO)CO)cc1. The Bertz CT molecular complexity index is 296. The summed E-state index contributed by atoms with van der Waals surface area (Å²) in [5.74, 6) is 0.816. The zero-order chi connectivity index (χ0) is 12.0. The number of hydrogen-bond acceptors (Lipinski definition) is 4. The van der Waals surface area contributed by atoms with E-state index in [1.807, 2.05) is 31.2 Å². The molecule has 90 valence electrons. The largest absolute Gasteiger partial charge is 0.497 e. The number of hydrogen-bond donors (Lipinski definition) is 3. The summed E-state index contributed by atoms with van der Waals surface area (Å²) >= 11 is 0. The van der Waals surface area contributed by atoms with E-state index >= 15 is 0 Å². The van der Waals surface area contributed by atoms with Gasteiger partial charge in [-0.25, -0.2) is 0 Å². The molecule has 0 saturated heterocycles. The molecule has 0 aromatic heterocycles. The highest BCUT2D eigenvalue weighted by atomic mass is 16.5. The molecule has 0 heterocycles. The van der Waals surface area contributed by atoms with Gasteiger partial charge in [0.25, 0.3) is 0 Å². The lowest BCUT2D eigenvalue weighted by atomic mass is 10.1. The molecule has 1 aromatic rings. The lowest BCUT2D eigenvalue weighted by molar-refractivity contribution is 0.163. The Hall–Kier alpha value is -1.10. The maximum Gasteiger partial charge on any atom is 0.118 e. The highest BCUT2D eigenvalue weighted by molar-refractivity contribution is 5.28. The van der Waals surface area contributed by atoms with E-state index in [0.29, 0.717) is 0 Å². The monoisotopic (exact) mass is 225 g/mol. The first-order chi connectivity index (χ1) is 7.71. The second-order valence-corrected chi connectivity index (χ2v) is 3.72. The standard InChI is InChI=1S/C12H19NO3/c1-9(13-11(7-14)8-15)10-3-5-12(16-2)6-4-10/h3-6,9,11,13-15H,7-8H2,1-2H3. The molecule has 0 amide bonds. The Morgan fingerprint density at radius 1 is 1.19 bits per heavy atom. The molecule has 0 bridgehead atoms. The second-order valence-electron chi connectivity index (χ2n) is 3.72. The predicted octanol–water partition coefficient (Wildman–Crippen LogP) is 0.699. The number of nitrogens with one attached hydrogen (secondary N) is 1. The molecule has 1 aromatic carbocycles. The summed E-state index contributed by atoms with van der Waals surface area (Å²) in [7, 11) is 1.63. The van der Waals surface area contributed by atoms with Crippen molar-refractivity contribution in [2.45, 2.75) is 19.0 Å². The lowest BCUT2D eigenvalue weighted by Crippen LogP contribution is -2.37. The van der Waals surface area contributed by atoms with Crippen molar-refractivity contribution in [1.82, 2.24) is 5.32 Å². The number of benzene rings is 1. The number of rotatable bonds is 6. The van der Waals surface area contributed by atoms with Crippen molar-refractivity contribution >= 4 is 0 Å². The van der Waals surface area contributed by atoms with Gasteiger partial charge in [-0.3, -0.25) is 0 Å². The van der Waals surface area contributed by atoms with E-state index in [1.165, 1.54) is 0 Å². The molecule has 4 nitrogen and oxygen atoms in total. The van der Waals surface area contributed by atoms with Crippen molar-refractivity contribution in [3.8, 4) is 5.75 Å². The third kappa shape index (κ3) is 3.48. The summed E-state index contributed by atoms with van der Waals surface area (Å²) in [6, 6.07) is 7.50. The fourth-order valence-corrected chi connectivity index (χ4v) is 1.51. The van der Waals surface area contributed by atoms with E-state index in [4.69, 9.17) is 14.9 Å². The van der Waals surface area contributed by atoms with Crippen LogP contribution in [0.1, 0.15) is 18.5 Å². The molecule has 1 atom stereocenters. The van der Waals surface area contributed by atoms with Crippen LogP contribution in [-0.2, 0) is 0 Å². The molecule has 1 rings (SSSR count). The quantitative estimate of drug-likeness (QED) is 0.667. The van der Waals surface area contributed by atoms with Gasteiger partial charge in [-0.2, -0.15) is 0 Å². The average molecular weight is 225 g/mol. The molecule has 4 heteroatoms. The molecule has 1 unspecified atom stereocenters. The summed E-state index contributed by atoms with van der Waals surface area (Å²) < 4.78 is 5.07. The molecule has 0 saturated carbocycles. The van der Waals surface area contributed by atoms with Crippen LogP contribution in [-0.4, -0.2) is 36.6 Å². The van der Waals surface area contributed by atoms with Crippen LogP contribution in [0, 0.1) is 0 Å². The van der Waals surface area contributed by atoms with Gasteiger partial charge in [0.05, 0.1) is 26.4 Å². The van der Waals surface area contributed by atoms with E-state index in [1.54, 1.807) is 7.11 Å². The van der Waals surface area contributed by atoms with Crippen molar-refractivity contribution in [2.75, 3.05) is 20.3 Å². The van der Waals surface area contributed by atoms with Crippen LogP contribution in [0.5, 0.6) is 5.75 Å². The Balaban J connectivity index is 2.61. The van der Waals surface area contributed by atoms with E-state index in [2.05, 4.69) is 5.32 Å². The second kappa shape index (κ2) is 6.48. The third-order valence-electron chi connectivity index (χ3n) is 2.54. The molecule has 0 aliphatic carbocycles. The van der Waals surface area contributed by atoms with Crippen LogP contribution in [0.25, 0.3) is 0 Å². The van der Waals surface area contributed by atoms with Gasteiger partial charge in [-0.15, -0.1) is 0 Å². The molecular weight excluding hydrogens is 206 g/mol. The summed E-state index contributed by atoms with van der Waals surface area (Å²) in [5.41, 5.74) is 1.09. The first-order valence-electron chi connectivity index (χ1n) is 5.33. The van der Waals surface area contributed by atoms with Crippen molar-refractivity contribution in [3.63, 3.8) is 0 Å². The summed E-state index contributed by atoms with van der Waals surface area (Å²) in [4.78, 5) is 0. The normalized spacial score (nSPS) is 12.8.